The van der Waals surface area contributed by atoms with Crippen molar-refractivity contribution in [3.05, 3.63) is 68.8 Å². The van der Waals surface area contributed by atoms with E-state index in [1.807, 2.05) is 65.8 Å². The summed E-state index contributed by atoms with van der Waals surface area (Å²) in [6.07, 6.45) is 11.6. The van der Waals surface area contributed by atoms with Gasteiger partial charge in [0, 0.05) is 17.3 Å². The van der Waals surface area contributed by atoms with Gasteiger partial charge in [-0.05, 0) is 70.2 Å². The van der Waals surface area contributed by atoms with Gasteiger partial charge in [0.2, 0.25) is 18.2 Å². The van der Waals surface area contributed by atoms with Gasteiger partial charge in [0.25, 0.3) is 0 Å². The lowest BCUT2D eigenvalue weighted by atomic mass is 10.0. The molecule has 198 valence electrons. The molecule has 0 heterocycles. The largest absolute Gasteiger partial charge is 0.307 e. The second-order valence-corrected chi connectivity index (χ2v) is 13.5. The van der Waals surface area contributed by atoms with Crippen molar-refractivity contribution in [2.45, 2.75) is 113 Å². The molecule has 0 amide bonds. The van der Waals surface area contributed by atoms with E-state index in [-0.39, 0.29) is 6.16 Å². The molecule has 0 spiro atoms. The van der Waals surface area contributed by atoms with Crippen molar-refractivity contribution >= 4 is 18.2 Å². The zero-order valence-electron chi connectivity index (χ0n) is 23.8. The lowest BCUT2D eigenvalue weighted by Gasteiger charge is -2.21. The Balaban J connectivity index is 2.24. The van der Waals surface area contributed by atoms with Gasteiger partial charge in [0.1, 0.15) is 0 Å². The van der Waals surface area contributed by atoms with Crippen LogP contribution in [0.25, 0.3) is 0 Å². The Morgan fingerprint density at radius 1 is 0.556 bits per heavy atom. The van der Waals surface area contributed by atoms with Crippen LogP contribution in [-0.2, 0) is 4.57 Å². The maximum absolute atomic E-state index is 14.5. The van der Waals surface area contributed by atoms with Crippen molar-refractivity contribution in [2.24, 2.45) is 0 Å². The Bertz CT molecular complexity index is 993. The molecule has 0 bridgehead atoms. The summed E-state index contributed by atoms with van der Waals surface area (Å²) in [6.45, 7) is 13.7. The van der Waals surface area contributed by atoms with Crippen molar-refractivity contribution in [1.29, 1.82) is 0 Å². The number of unbranched alkanes of at least 4 members (excludes halogenated alkanes) is 9. The molecule has 0 fully saturated rings. The molecule has 3 nitrogen and oxygen atoms in total. The fourth-order valence-electron chi connectivity index (χ4n) is 5.51. The highest BCUT2D eigenvalue weighted by Crippen LogP contribution is 2.54. The fraction of sp³-hybridized carbons (Fsp3) is 0.562. The molecular weight excluding hydrogens is 463 g/mol. The van der Waals surface area contributed by atoms with Gasteiger partial charge < -0.3 is 4.57 Å². The molecule has 4 heteroatoms. The summed E-state index contributed by atoms with van der Waals surface area (Å²) >= 11 is 0. The molecule has 0 aliphatic rings. The van der Waals surface area contributed by atoms with Crippen LogP contribution in [0.5, 0.6) is 0 Å². The number of hydrogen-bond acceptors (Lipinski definition) is 3. The highest BCUT2D eigenvalue weighted by atomic mass is 31.2. The molecule has 0 unspecified atom stereocenters. The first-order chi connectivity index (χ1) is 17.0. The van der Waals surface area contributed by atoms with Gasteiger partial charge in [0.15, 0.2) is 0 Å². The molecule has 0 aromatic heterocycles. The van der Waals surface area contributed by atoms with Crippen LogP contribution in [0.1, 0.15) is 125 Å². The van der Waals surface area contributed by atoms with E-state index in [4.69, 9.17) is 0 Å². The molecule has 0 saturated heterocycles. The molecule has 2 aromatic rings. The molecule has 2 aromatic carbocycles. The SMILES string of the molecule is CCCCCCCCCCCCP(=O)(C(=O)c1c(C)cc(C)cc1C)C(=O)c1c(C)cc(C)cc1C. The Morgan fingerprint density at radius 3 is 1.19 bits per heavy atom. The van der Waals surface area contributed by atoms with Gasteiger partial charge >= 0.3 is 0 Å². The molecule has 36 heavy (non-hydrogen) atoms. The number of aryl methyl sites for hydroxylation is 6. The summed E-state index contributed by atoms with van der Waals surface area (Å²) in [6, 6.07) is 7.77. The Hall–Kier alpha value is -1.99. The zero-order chi connectivity index (χ0) is 26.9. The van der Waals surface area contributed by atoms with E-state index in [0.717, 1.165) is 52.6 Å². The van der Waals surface area contributed by atoms with Crippen LogP contribution in [0.2, 0.25) is 0 Å². The van der Waals surface area contributed by atoms with Gasteiger partial charge in [-0.1, -0.05) is 100 Å². The highest BCUT2D eigenvalue weighted by Gasteiger charge is 2.42. The topological polar surface area (TPSA) is 51.2 Å². The third-order valence-corrected chi connectivity index (χ3v) is 9.97. The Labute approximate surface area is 219 Å². The summed E-state index contributed by atoms with van der Waals surface area (Å²) in [7, 11) is -3.84. The minimum absolute atomic E-state index is 0.153. The van der Waals surface area contributed by atoms with Crippen LogP contribution < -0.4 is 0 Å². The van der Waals surface area contributed by atoms with Gasteiger partial charge in [0.05, 0.1) is 0 Å². The molecule has 0 atom stereocenters. The van der Waals surface area contributed by atoms with E-state index in [9.17, 15) is 14.2 Å². The first-order valence-electron chi connectivity index (χ1n) is 13.9. The normalized spacial score (nSPS) is 11.6. The first kappa shape index (κ1) is 30.2. The van der Waals surface area contributed by atoms with Crippen molar-refractivity contribution in [3.8, 4) is 0 Å². The van der Waals surface area contributed by atoms with E-state index in [1.165, 1.54) is 38.5 Å². The van der Waals surface area contributed by atoms with Crippen molar-refractivity contribution in [3.63, 3.8) is 0 Å². The quantitative estimate of drug-likeness (QED) is 0.177. The first-order valence-corrected chi connectivity index (χ1v) is 15.8. The minimum Gasteiger partial charge on any atom is -0.307 e. The standard InChI is InChI=1S/C32H47O3P/c1-8-9-10-11-12-13-14-15-16-17-18-36(35,31(33)29-25(4)19-23(2)20-26(29)5)32(34)30-27(6)21-24(3)22-28(30)7/h19-22H,8-18H2,1-7H3. The van der Waals surface area contributed by atoms with Crippen LogP contribution in [0, 0.1) is 41.5 Å². The Kier molecular flexibility index (Phi) is 11.8. The van der Waals surface area contributed by atoms with Crippen molar-refractivity contribution < 1.29 is 14.2 Å². The van der Waals surface area contributed by atoms with Crippen LogP contribution in [0.3, 0.4) is 0 Å². The highest BCUT2D eigenvalue weighted by molar-refractivity contribution is 7.95. The summed E-state index contributed by atoms with van der Waals surface area (Å²) < 4.78 is 14.5. The van der Waals surface area contributed by atoms with Gasteiger partial charge in [-0.3, -0.25) is 9.59 Å². The van der Waals surface area contributed by atoms with E-state index >= 15 is 0 Å². The second kappa shape index (κ2) is 14.1. The minimum atomic E-state index is -3.84. The monoisotopic (exact) mass is 510 g/mol. The van der Waals surface area contributed by atoms with Crippen molar-refractivity contribution in [2.75, 3.05) is 6.16 Å². The average molecular weight is 511 g/mol. The number of rotatable bonds is 15. The van der Waals surface area contributed by atoms with Gasteiger partial charge in [-0.25, -0.2) is 0 Å². The number of carbonyl (C=O) groups excluding carboxylic acids is 2. The summed E-state index contributed by atoms with van der Waals surface area (Å²) in [4.78, 5) is 27.9. The van der Waals surface area contributed by atoms with Crippen LogP contribution in [-0.4, -0.2) is 17.2 Å². The predicted octanol–water partition coefficient (Wildman–Crippen LogP) is 9.80. The van der Waals surface area contributed by atoms with E-state index in [0.29, 0.717) is 17.5 Å². The third kappa shape index (κ3) is 7.75. The third-order valence-electron chi connectivity index (χ3n) is 7.26. The molecule has 0 aliphatic carbocycles. The van der Waals surface area contributed by atoms with Gasteiger partial charge in [-0.2, -0.15) is 0 Å². The number of hydrogen-bond donors (Lipinski definition) is 0. The zero-order valence-corrected chi connectivity index (χ0v) is 24.7. The van der Waals surface area contributed by atoms with E-state index in [2.05, 4.69) is 6.92 Å². The number of benzene rings is 2. The molecule has 0 radical (unpaired) electrons. The van der Waals surface area contributed by atoms with Crippen molar-refractivity contribution in [1.82, 2.24) is 0 Å². The molecule has 0 aliphatic heterocycles. The van der Waals surface area contributed by atoms with E-state index in [1.54, 1.807) is 0 Å². The van der Waals surface area contributed by atoms with Crippen LogP contribution >= 0.6 is 7.14 Å². The molecule has 2 rings (SSSR count). The average Bonchev–Trinajstić information content (AvgIpc) is 2.78. The lowest BCUT2D eigenvalue weighted by Crippen LogP contribution is -2.17. The van der Waals surface area contributed by atoms with Crippen LogP contribution in [0.15, 0.2) is 24.3 Å². The van der Waals surface area contributed by atoms with Crippen LogP contribution in [0.4, 0.5) is 0 Å². The smallest absolute Gasteiger partial charge is 0.229 e. The van der Waals surface area contributed by atoms with Gasteiger partial charge in [-0.15, -0.1) is 0 Å². The molecule has 0 N–H and O–H groups in total. The van der Waals surface area contributed by atoms with E-state index < -0.39 is 18.2 Å². The summed E-state index contributed by atoms with van der Waals surface area (Å²) in [5.41, 5.74) is 5.31. The summed E-state index contributed by atoms with van der Waals surface area (Å²) in [5, 5.41) is 0. The fourth-order valence-corrected chi connectivity index (χ4v) is 8.20. The predicted molar refractivity (Wildman–Crippen MR) is 154 cm³/mol. The Morgan fingerprint density at radius 2 is 0.861 bits per heavy atom. The lowest BCUT2D eigenvalue weighted by molar-refractivity contribution is 0.103. The maximum atomic E-state index is 14.5. The summed E-state index contributed by atoms with van der Waals surface area (Å²) in [5.74, 6) is 0. The second-order valence-electron chi connectivity index (χ2n) is 10.8. The number of carbonyl (C=O) groups is 2. The molecule has 0 saturated carbocycles. The maximum Gasteiger partial charge on any atom is 0.229 e. The molecular formula is C32H47O3P.